The van der Waals surface area contributed by atoms with Crippen LogP contribution >= 0.6 is 0 Å². The number of hydrogen-bond donors (Lipinski definition) is 0. The predicted octanol–water partition coefficient (Wildman–Crippen LogP) is 3.43. The molecule has 0 unspecified atom stereocenters. The van der Waals surface area contributed by atoms with Gasteiger partial charge in [0.05, 0.1) is 19.6 Å². The molecule has 0 N–H and O–H groups in total. The van der Waals surface area contributed by atoms with Gasteiger partial charge in [-0.15, -0.1) is 0 Å². The summed E-state index contributed by atoms with van der Waals surface area (Å²) >= 11 is 0. The van der Waals surface area contributed by atoms with Gasteiger partial charge in [-0.1, -0.05) is 42.5 Å². The first kappa shape index (κ1) is 11.2. The second kappa shape index (κ2) is 5.18. The Morgan fingerprint density at radius 1 is 1.06 bits per heavy atom. The van der Waals surface area contributed by atoms with E-state index in [1.54, 1.807) is 7.11 Å². The van der Waals surface area contributed by atoms with Crippen LogP contribution in [0, 0.1) is 11.3 Å². The van der Waals surface area contributed by atoms with E-state index in [-0.39, 0.29) is 0 Å². The zero-order valence-corrected chi connectivity index (χ0v) is 9.68. The number of methoxy groups -OCH3 is 1. The average Bonchev–Trinajstić information content (AvgIpc) is 2.40. The molecule has 0 saturated carbocycles. The summed E-state index contributed by atoms with van der Waals surface area (Å²) in [4.78, 5) is 0. The van der Waals surface area contributed by atoms with Crippen LogP contribution < -0.4 is 4.74 Å². The summed E-state index contributed by atoms with van der Waals surface area (Å²) in [6.45, 7) is 0. The second-order valence-corrected chi connectivity index (χ2v) is 3.73. The van der Waals surface area contributed by atoms with Crippen molar-refractivity contribution in [3.8, 4) is 22.9 Å². The van der Waals surface area contributed by atoms with Crippen LogP contribution in [0.2, 0.25) is 0 Å². The fourth-order valence-corrected chi connectivity index (χ4v) is 1.78. The van der Waals surface area contributed by atoms with Crippen molar-refractivity contribution in [2.24, 2.45) is 0 Å². The quantitative estimate of drug-likeness (QED) is 0.798. The fraction of sp³-hybridized carbons (Fsp3) is 0.133. The summed E-state index contributed by atoms with van der Waals surface area (Å²) in [5.41, 5.74) is 3.20. The SMILES string of the molecule is COc1ccccc1-c1ccc(CC#N)cc1. The Morgan fingerprint density at radius 2 is 1.76 bits per heavy atom. The Labute approximate surface area is 101 Å². The van der Waals surface area contributed by atoms with Crippen molar-refractivity contribution in [1.29, 1.82) is 5.26 Å². The van der Waals surface area contributed by atoms with E-state index in [4.69, 9.17) is 10.00 Å². The maximum atomic E-state index is 8.62. The largest absolute Gasteiger partial charge is 0.496 e. The van der Waals surface area contributed by atoms with Gasteiger partial charge < -0.3 is 4.74 Å². The molecule has 84 valence electrons. The molecule has 2 heteroatoms. The van der Waals surface area contributed by atoms with Gasteiger partial charge >= 0.3 is 0 Å². The van der Waals surface area contributed by atoms with E-state index >= 15 is 0 Å². The lowest BCUT2D eigenvalue weighted by molar-refractivity contribution is 0.416. The van der Waals surface area contributed by atoms with E-state index in [1.165, 1.54) is 0 Å². The Bertz CT molecular complexity index is 538. The van der Waals surface area contributed by atoms with Gasteiger partial charge in [-0.3, -0.25) is 0 Å². The molecule has 0 heterocycles. The Hall–Kier alpha value is -2.27. The van der Waals surface area contributed by atoms with E-state index in [1.807, 2.05) is 48.5 Å². The van der Waals surface area contributed by atoms with Crippen molar-refractivity contribution >= 4 is 0 Å². The van der Waals surface area contributed by atoms with Gasteiger partial charge in [-0.05, 0) is 17.2 Å². The first-order valence-electron chi connectivity index (χ1n) is 5.44. The van der Waals surface area contributed by atoms with Crippen molar-refractivity contribution in [2.45, 2.75) is 6.42 Å². The maximum Gasteiger partial charge on any atom is 0.126 e. The topological polar surface area (TPSA) is 33.0 Å². The molecule has 0 aromatic heterocycles. The second-order valence-electron chi connectivity index (χ2n) is 3.73. The highest BCUT2D eigenvalue weighted by Gasteiger charge is 2.04. The molecule has 0 fully saturated rings. The van der Waals surface area contributed by atoms with E-state index < -0.39 is 0 Å². The highest BCUT2D eigenvalue weighted by molar-refractivity contribution is 5.70. The molecule has 0 aliphatic carbocycles. The number of rotatable bonds is 3. The monoisotopic (exact) mass is 223 g/mol. The number of para-hydroxylation sites is 1. The number of nitrogens with zero attached hydrogens (tertiary/aromatic N) is 1. The Kier molecular flexibility index (Phi) is 3.42. The van der Waals surface area contributed by atoms with Crippen molar-refractivity contribution in [3.63, 3.8) is 0 Å². The van der Waals surface area contributed by atoms with E-state index in [9.17, 15) is 0 Å². The predicted molar refractivity (Wildman–Crippen MR) is 67.7 cm³/mol. The summed E-state index contributed by atoms with van der Waals surface area (Å²) in [6, 6.07) is 18.0. The third-order valence-electron chi connectivity index (χ3n) is 2.66. The molecule has 2 nitrogen and oxygen atoms in total. The lowest BCUT2D eigenvalue weighted by atomic mass is 10.0. The van der Waals surface area contributed by atoms with Crippen LogP contribution in [0.15, 0.2) is 48.5 Å². The van der Waals surface area contributed by atoms with Crippen LogP contribution in [0.25, 0.3) is 11.1 Å². The molecule has 0 radical (unpaired) electrons. The highest BCUT2D eigenvalue weighted by atomic mass is 16.5. The molecule has 0 saturated heterocycles. The first-order valence-corrected chi connectivity index (χ1v) is 5.44. The van der Waals surface area contributed by atoms with Gasteiger partial charge in [0.25, 0.3) is 0 Å². The van der Waals surface area contributed by atoms with Crippen molar-refractivity contribution in [2.75, 3.05) is 7.11 Å². The Balaban J connectivity index is 2.37. The summed E-state index contributed by atoms with van der Waals surface area (Å²) in [5.74, 6) is 0.862. The number of nitriles is 1. The minimum absolute atomic E-state index is 0.451. The smallest absolute Gasteiger partial charge is 0.126 e. The molecule has 17 heavy (non-hydrogen) atoms. The standard InChI is InChI=1S/C15H13NO/c1-17-15-5-3-2-4-14(15)13-8-6-12(7-9-13)10-11-16/h2-9H,10H2,1H3. The summed E-state index contributed by atoms with van der Waals surface area (Å²) in [5, 5.41) is 8.62. The van der Waals surface area contributed by atoms with Gasteiger partial charge in [-0.2, -0.15) is 5.26 Å². The molecule has 2 aromatic rings. The summed E-state index contributed by atoms with van der Waals surface area (Å²) < 4.78 is 5.33. The number of ether oxygens (including phenoxy) is 1. The zero-order valence-electron chi connectivity index (χ0n) is 9.68. The normalized spacial score (nSPS) is 9.65. The molecule has 0 bridgehead atoms. The minimum atomic E-state index is 0.451. The van der Waals surface area contributed by atoms with Gasteiger partial charge in [0.2, 0.25) is 0 Å². The van der Waals surface area contributed by atoms with Gasteiger partial charge in [0.15, 0.2) is 0 Å². The maximum absolute atomic E-state index is 8.62. The summed E-state index contributed by atoms with van der Waals surface area (Å²) in [7, 11) is 1.67. The molecular formula is C15H13NO. The lowest BCUT2D eigenvalue weighted by Crippen LogP contribution is -1.88. The zero-order chi connectivity index (χ0) is 12.1. The van der Waals surface area contributed by atoms with Crippen LogP contribution in [0.3, 0.4) is 0 Å². The number of benzene rings is 2. The van der Waals surface area contributed by atoms with Crippen LogP contribution in [-0.4, -0.2) is 7.11 Å². The number of hydrogen-bond acceptors (Lipinski definition) is 2. The van der Waals surface area contributed by atoms with Crippen molar-refractivity contribution < 1.29 is 4.74 Å². The molecule has 2 aromatic carbocycles. The van der Waals surface area contributed by atoms with E-state index in [2.05, 4.69) is 6.07 Å². The highest BCUT2D eigenvalue weighted by Crippen LogP contribution is 2.29. The third-order valence-corrected chi connectivity index (χ3v) is 2.66. The molecule has 0 spiro atoms. The molecule has 2 rings (SSSR count). The van der Waals surface area contributed by atoms with Gasteiger partial charge in [0.1, 0.15) is 5.75 Å². The molecule has 0 amide bonds. The van der Waals surface area contributed by atoms with Crippen LogP contribution in [0.1, 0.15) is 5.56 Å². The van der Waals surface area contributed by atoms with E-state index in [0.717, 1.165) is 22.4 Å². The van der Waals surface area contributed by atoms with Gasteiger partial charge in [0, 0.05) is 5.56 Å². The van der Waals surface area contributed by atoms with Gasteiger partial charge in [-0.25, -0.2) is 0 Å². The summed E-state index contributed by atoms with van der Waals surface area (Å²) in [6.07, 6.45) is 0.451. The molecular weight excluding hydrogens is 210 g/mol. The average molecular weight is 223 g/mol. The molecule has 0 aliphatic rings. The van der Waals surface area contributed by atoms with Crippen molar-refractivity contribution in [3.05, 3.63) is 54.1 Å². The first-order chi connectivity index (χ1) is 8.35. The molecule has 0 aliphatic heterocycles. The Morgan fingerprint density at radius 3 is 2.41 bits per heavy atom. The van der Waals surface area contributed by atoms with Crippen LogP contribution in [-0.2, 0) is 6.42 Å². The van der Waals surface area contributed by atoms with Crippen molar-refractivity contribution in [1.82, 2.24) is 0 Å². The van der Waals surface area contributed by atoms with Crippen LogP contribution in [0.4, 0.5) is 0 Å². The third kappa shape index (κ3) is 2.46. The lowest BCUT2D eigenvalue weighted by Gasteiger charge is -2.08. The molecule has 0 atom stereocenters. The minimum Gasteiger partial charge on any atom is -0.496 e. The van der Waals surface area contributed by atoms with Crippen LogP contribution in [0.5, 0.6) is 5.75 Å². The fourth-order valence-electron chi connectivity index (χ4n) is 1.78. The van der Waals surface area contributed by atoms with E-state index in [0.29, 0.717) is 6.42 Å².